The van der Waals surface area contributed by atoms with Gasteiger partial charge in [-0.15, -0.1) is 0 Å². The van der Waals surface area contributed by atoms with Crippen LogP contribution in [0.5, 0.6) is 0 Å². The van der Waals surface area contributed by atoms with Gasteiger partial charge in [0, 0.05) is 13.0 Å². The lowest BCUT2D eigenvalue weighted by Gasteiger charge is -1.86. The molecular formula is C6H7NO2. The summed E-state index contributed by atoms with van der Waals surface area (Å²) in [6, 6.07) is 1.55. The molecule has 1 heterocycles. The van der Waals surface area contributed by atoms with Crippen LogP contribution in [0, 0.1) is 0 Å². The van der Waals surface area contributed by atoms with Gasteiger partial charge < -0.3 is 10.2 Å². The van der Waals surface area contributed by atoms with Crippen LogP contribution in [-0.2, 0) is 0 Å². The summed E-state index contributed by atoms with van der Waals surface area (Å²) in [5, 5.41) is 0. The summed E-state index contributed by atoms with van der Waals surface area (Å²) in [6.45, 7) is 1.41. The molecule has 1 rings (SSSR count). The number of hydrogen-bond acceptors (Lipinski definition) is 3. The Morgan fingerprint density at radius 1 is 1.78 bits per heavy atom. The lowest BCUT2D eigenvalue weighted by atomic mass is 10.3. The van der Waals surface area contributed by atoms with E-state index in [1.807, 2.05) is 0 Å². The zero-order valence-electron chi connectivity index (χ0n) is 5.05. The van der Waals surface area contributed by atoms with Gasteiger partial charge in [-0.05, 0) is 0 Å². The van der Waals surface area contributed by atoms with Crippen molar-refractivity contribution in [2.45, 2.75) is 6.92 Å². The van der Waals surface area contributed by atoms with E-state index in [2.05, 4.69) is 0 Å². The monoisotopic (exact) mass is 125 g/mol. The Morgan fingerprint density at radius 3 is 2.67 bits per heavy atom. The molecule has 0 bridgehead atoms. The minimum absolute atomic E-state index is 0.141. The molecule has 0 radical (unpaired) electrons. The van der Waals surface area contributed by atoms with Gasteiger partial charge in [0.05, 0.1) is 12.0 Å². The van der Waals surface area contributed by atoms with E-state index >= 15 is 0 Å². The molecule has 9 heavy (non-hydrogen) atoms. The third-order valence-corrected chi connectivity index (χ3v) is 1.02. The van der Waals surface area contributed by atoms with E-state index in [4.69, 9.17) is 10.2 Å². The summed E-state index contributed by atoms with van der Waals surface area (Å²) in [7, 11) is 0. The summed E-state index contributed by atoms with van der Waals surface area (Å²) in [5.74, 6) is 0.104. The van der Waals surface area contributed by atoms with Gasteiger partial charge in [0.15, 0.2) is 11.5 Å². The van der Waals surface area contributed by atoms with Crippen LogP contribution in [0.25, 0.3) is 0 Å². The molecule has 2 N–H and O–H groups in total. The fourth-order valence-electron chi connectivity index (χ4n) is 0.605. The highest BCUT2D eigenvalue weighted by Gasteiger charge is 2.05. The molecule has 3 heteroatoms. The topological polar surface area (TPSA) is 56.2 Å². The molecule has 0 atom stereocenters. The van der Waals surface area contributed by atoms with Gasteiger partial charge in [-0.2, -0.15) is 0 Å². The van der Waals surface area contributed by atoms with Gasteiger partial charge in [-0.25, -0.2) is 0 Å². The summed E-state index contributed by atoms with van der Waals surface area (Å²) < 4.78 is 4.75. The van der Waals surface area contributed by atoms with Gasteiger partial charge in [0.25, 0.3) is 0 Å². The maximum absolute atomic E-state index is 10.6. The average Bonchev–Trinajstić information content (AvgIpc) is 2.13. The maximum atomic E-state index is 10.6. The molecule has 0 saturated heterocycles. The van der Waals surface area contributed by atoms with Crippen molar-refractivity contribution < 1.29 is 9.21 Å². The number of carbonyl (C=O) groups is 1. The number of anilines is 1. The molecular weight excluding hydrogens is 118 g/mol. The first-order chi connectivity index (χ1) is 4.22. The van der Waals surface area contributed by atoms with Crippen molar-refractivity contribution in [3.8, 4) is 0 Å². The Bertz CT molecular complexity index is 227. The van der Waals surface area contributed by atoms with Gasteiger partial charge in [-0.3, -0.25) is 4.79 Å². The van der Waals surface area contributed by atoms with E-state index in [1.54, 1.807) is 6.07 Å². The van der Waals surface area contributed by atoms with E-state index in [0.29, 0.717) is 5.69 Å². The molecule has 0 aliphatic carbocycles. The van der Waals surface area contributed by atoms with Crippen LogP contribution in [0.4, 0.5) is 5.69 Å². The zero-order valence-corrected chi connectivity index (χ0v) is 5.05. The third kappa shape index (κ3) is 0.937. The van der Waals surface area contributed by atoms with E-state index in [1.165, 1.54) is 13.2 Å². The second kappa shape index (κ2) is 1.93. The van der Waals surface area contributed by atoms with Crippen LogP contribution in [0.3, 0.4) is 0 Å². The quantitative estimate of drug-likeness (QED) is 0.571. The second-order valence-electron chi connectivity index (χ2n) is 1.76. The predicted molar refractivity (Wildman–Crippen MR) is 33.1 cm³/mol. The first-order valence-corrected chi connectivity index (χ1v) is 2.55. The van der Waals surface area contributed by atoms with Crippen LogP contribution in [-0.4, -0.2) is 5.78 Å². The summed E-state index contributed by atoms with van der Waals surface area (Å²) in [4.78, 5) is 10.6. The van der Waals surface area contributed by atoms with E-state index in [9.17, 15) is 4.79 Å². The molecule has 0 saturated carbocycles. The van der Waals surface area contributed by atoms with Crippen molar-refractivity contribution in [2.24, 2.45) is 0 Å². The van der Waals surface area contributed by atoms with Crippen molar-refractivity contribution in [2.75, 3.05) is 5.73 Å². The van der Waals surface area contributed by atoms with Crippen LogP contribution >= 0.6 is 0 Å². The van der Waals surface area contributed by atoms with Crippen LogP contribution in [0.1, 0.15) is 17.5 Å². The van der Waals surface area contributed by atoms with E-state index in [-0.39, 0.29) is 11.5 Å². The number of nitrogen functional groups attached to an aromatic ring is 1. The first kappa shape index (κ1) is 5.88. The second-order valence-corrected chi connectivity index (χ2v) is 1.76. The first-order valence-electron chi connectivity index (χ1n) is 2.55. The molecule has 0 aromatic carbocycles. The Hall–Kier alpha value is -1.25. The van der Waals surface area contributed by atoms with E-state index < -0.39 is 0 Å². The van der Waals surface area contributed by atoms with Crippen molar-refractivity contribution >= 4 is 11.5 Å². The highest BCUT2D eigenvalue weighted by molar-refractivity contribution is 5.96. The lowest BCUT2D eigenvalue weighted by Crippen LogP contribution is -1.94. The Labute approximate surface area is 52.5 Å². The molecule has 0 spiro atoms. The number of rotatable bonds is 1. The zero-order chi connectivity index (χ0) is 6.85. The number of Topliss-reactive ketones (excluding diaryl/α,β-unsaturated/α-hetero) is 1. The number of furan rings is 1. The molecule has 0 fully saturated rings. The number of ketones is 1. The molecule has 1 aromatic heterocycles. The molecule has 0 aliphatic heterocycles. The van der Waals surface area contributed by atoms with Gasteiger partial charge in [0.2, 0.25) is 0 Å². The van der Waals surface area contributed by atoms with Crippen LogP contribution < -0.4 is 5.73 Å². The standard InChI is InChI=1S/C6H7NO2/c1-4(8)6-5(7)2-3-9-6/h2-3H,7H2,1H3. The van der Waals surface area contributed by atoms with Crippen molar-refractivity contribution in [1.29, 1.82) is 0 Å². The van der Waals surface area contributed by atoms with Crippen LogP contribution in [0.2, 0.25) is 0 Å². The van der Waals surface area contributed by atoms with Crippen LogP contribution in [0.15, 0.2) is 16.7 Å². The molecule has 0 unspecified atom stereocenters. The summed E-state index contributed by atoms with van der Waals surface area (Å²) in [6.07, 6.45) is 1.39. The highest BCUT2D eigenvalue weighted by atomic mass is 16.3. The number of carbonyl (C=O) groups excluding carboxylic acids is 1. The van der Waals surface area contributed by atoms with E-state index in [0.717, 1.165) is 0 Å². The Morgan fingerprint density at radius 2 is 2.44 bits per heavy atom. The fraction of sp³-hybridized carbons (Fsp3) is 0.167. The fourth-order valence-corrected chi connectivity index (χ4v) is 0.605. The number of nitrogens with two attached hydrogens (primary N) is 1. The summed E-state index contributed by atoms with van der Waals surface area (Å²) in [5.41, 5.74) is 5.73. The predicted octanol–water partition coefficient (Wildman–Crippen LogP) is 1.06. The third-order valence-electron chi connectivity index (χ3n) is 1.02. The van der Waals surface area contributed by atoms with Crippen molar-refractivity contribution in [1.82, 2.24) is 0 Å². The highest BCUT2D eigenvalue weighted by Crippen LogP contribution is 2.11. The van der Waals surface area contributed by atoms with Gasteiger partial charge >= 0.3 is 0 Å². The normalized spacial score (nSPS) is 9.44. The molecule has 3 nitrogen and oxygen atoms in total. The molecule has 0 aliphatic rings. The Balaban J connectivity index is 3.08. The van der Waals surface area contributed by atoms with Crippen molar-refractivity contribution in [3.05, 3.63) is 18.1 Å². The van der Waals surface area contributed by atoms with Gasteiger partial charge in [0.1, 0.15) is 0 Å². The number of hydrogen-bond donors (Lipinski definition) is 1. The lowest BCUT2D eigenvalue weighted by molar-refractivity contribution is 0.0988. The largest absolute Gasteiger partial charge is 0.459 e. The van der Waals surface area contributed by atoms with Gasteiger partial charge in [-0.1, -0.05) is 0 Å². The molecule has 0 amide bonds. The smallest absolute Gasteiger partial charge is 0.197 e. The molecule has 1 aromatic rings. The maximum Gasteiger partial charge on any atom is 0.197 e. The summed E-state index contributed by atoms with van der Waals surface area (Å²) >= 11 is 0. The minimum Gasteiger partial charge on any atom is -0.459 e. The minimum atomic E-state index is -0.141. The van der Waals surface area contributed by atoms with Crippen molar-refractivity contribution in [3.63, 3.8) is 0 Å². The average molecular weight is 125 g/mol. The SMILES string of the molecule is CC(=O)c1occc1N. The molecule has 48 valence electrons. The Kier molecular flexibility index (Phi) is 1.26.